The van der Waals surface area contributed by atoms with Gasteiger partial charge in [-0.25, -0.2) is 9.07 Å². The lowest BCUT2D eigenvalue weighted by Gasteiger charge is -2.08. The Hall–Kier alpha value is -2.70. The molecule has 0 aliphatic carbocycles. The molecule has 23 heavy (non-hydrogen) atoms. The normalized spacial score (nSPS) is 10.5. The molecule has 0 radical (unpaired) electrons. The fraction of sp³-hybridized carbons (Fsp3) is 0.312. The molecule has 6 nitrogen and oxygen atoms in total. The maximum absolute atomic E-state index is 13.0. The number of hydrogen-bond donors (Lipinski definition) is 2. The second kappa shape index (κ2) is 7.53. The summed E-state index contributed by atoms with van der Waals surface area (Å²) in [6.45, 7) is 2.19. The van der Waals surface area contributed by atoms with Crippen molar-refractivity contribution in [2.45, 2.75) is 26.2 Å². The maximum atomic E-state index is 13.0. The van der Waals surface area contributed by atoms with E-state index in [0.29, 0.717) is 29.8 Å². The van der Waals surface area contributed by atoms with Crippen LogP contribution in [0.25, 0.3) is 5.69 Å². The fourth-order valence-electron chi connectivity index (χ4n) is 2.25. The van der Waals surface area contributed by atoms with Gasteiger partial charge in [0.15, 0.2) is 0 Å². The highest BCUT2D eigenvalue weighted by Gasteiger charge is 2.16. The van der Waals surface area contributed by atoms with E-state index in [9.17, 15) is 14.0 Å². The van der Waals surface area contributed by atoms with Crippen molar-refractivity contribution in [2.75, 3.05) is 6.54 Å². The molecule has 0 spiro atoms. The van der Waals surface area contributed by atoms with E-state index in [1.807, 2.05) is 6.92 Å². The first-order valence-corrected chi connectivity index (χ1v) is 7.35. The van der Waals surface area contributed by atoms with Gasteiger partial charge in [0, 0.05) is 13.0 Å². The molecule has 0 aliphatic heterocycles. The summed E-state index contributed by atoms with van der Waals surface area (Å²) >= 11 is 0. The lowest BCUT2D eigenvalue weighted by atomic mass is 10.2. The van der Waals surface area contributed by atoms with Crippen LogP contribution in [-0.2, 0) is 11.2 Å². The van der Waals surface area contributed by atoms with E-state index in [0.717, 1.165) is 0 Å². The van der Waals surface area contributed by atoms with Gasteiger partial charge in [-0.2, -0.15) is 5.10 Å². The van der Waals surface area contributed by atoms with Gasteiger partial charge < -0.3 is 10.4 Å². The van der Waals surface area contributed by atoms with Gasteiger partial charge >= 0.3 is 5.97 Å². The van der Waals surface area contributed by atoms with Crippen LogP contribution in [0.5, 0.6) is 0 Å². The zero-order chi connectivity index (χ0) is 16.8. The predicted molar refractivity (Wildman–Crippen MR) is 82.1 cm³/mol. The number of halogens is 1. The summed E-state index contributed by atoms with van der Waals surface area (Å²) in [5.41, 5.74) is 1.83. The molecule has 1 aromatic heterocycles. The molecular weight excluding hydrogens is 301 g/mol. The van der Waals surface area contributed by atoms with Gasteiger partial charge in [0.2, 0.25) is 0 Å². The third kappa shape index (κ3) is 4.15. The van der Waals surface area contributed by atoms with E-state index in [1.165, 1.54) is 18.3 Å². The van der Waals surface area contributed by atoms with Gasteiger partial charge in [-0.05, 0) is 37.1 Å². The Labute approximate surface area is 132 Å². The zero-order valence-corrected chi connectivity index (χ0v) is 12.8. The molecule has 2 N–H and O–H groups in total. The number of nitrogens with zero attached hydrogens (tertiary/aromatic N) is 2. The highest BCUT2D eigenvalue weighted by Crippen LogP contribution is 2.16. The van der Waals surface area contributed by atoms with E-state index in [1.54, 1.807) is 16.8 Å². The van der Waals surface area contributed by atoms with Crippen molar-refractivity contribution < 1.29 is 19.1 Å². The lowest BCUT2D eigenvalue weighted by molar-refractivity contribution is -0.137. The van der Waals surface area contributed by atoms with Crippen LogP contribution in [0.2, 0.25) is 0 Å². The summed E-state index contributed by atoms with van der Waals surface area (Å²) in [4.78, 5) is 22.6. The van der Waals surface area contributed by atoms with Gasteiger partial charge in [-0.15, -0.1) is 0 Å². The number of carbonyl (C=O) groups is 2. The minimum atomic E-state index is -0.891. The molecule has 0 saturated carbocycles. The number of aliphatic carboxylic acids is 1. The molecule has 122 valence electrons. The molecular formula is C16H18FN3O3. The van der Waals surface area contributed by atoms with Crippen molar-refractivity contribution in [3.05, 3.63) is 47.5 Å². The summed E-state index contributed by atoms with van der Waals surface area (Å²) in [6, 6.07) is 5.86. The zero-order valence-electron chi connectivity index (χ0n) is 12.8. The van der Waals surface area contributed by atoms with Crippen LogP contribution in [0.1, 0.15) is 35.8 Å². The Balaban J connectivity index is 2.12. The molecule has 1 heterocycles. The van der Waals surface area contributed by atoms with Gasteiger partial charge in [-0.3, -0.25) is 9.59 Å². The number of benzene rings is 1. The molecule has 7 heteroatoms. The second-order valence-corrected chi connectivity index (χ2v) is 5.00. The van der Waals surface area contributed by atoms with Crippen molar-refractivity contribution >= 4 is 11.9 Å². The molecule has 0 aliphatic rings. The average molecular weight is 319 g/mol. The Morgan fingerprint density at radius 3 is 2.61 bits per heavy atom. The number of carboxylic acids is 1. The van der Waals surface area contributed by atoms with Crippen LogP contribution in [0.4, 0.5) is 4.39 Å². The molecule has 2 rings (SSSR count). The minimum absolute atomic E-state index is 0.00968. The smallest absolute Gasteiger partial charge is 0.303 e. The summed E-state index contributed by atoms with van der Waals surface area (Å²) in [7, 11) is 0. The Morgan fingerprint density at radius 2 is 2.00 bits per heavy atom. The SMILES string of the molecule is CCc1c(C(=O)NCCCC(=O)O)cnn1-c1ccc(F)cc1. The van der Waals surface area contributed by atoms with Crippen LogP contribution in [0, 0.1) is 5.82 Å². The largest absolute Gasteiger partial charge is 0.481 e. The van der Waals surface area contributed by atoms with Gasteiger partial charge in [0.1, 0.15) is 5.82 Å². The molecule has 0 atom stereocenters. The van der Waals surface area contributed by atoms with E-state index in [4.69, 9.17) is 5.11 Å². The van der Waals surface area contributed by atoms with E-state index < -0.39 is 5.97 Å². The topological polar surface area (TPSA) is 84.2 Å². The number of hydrogen-bond acceptors (Lipinski definition) is 3. The van der Waals surface area contributed by atoms with Crippen LogP contribution in [-0.4, -0.2) is 33.3 Å². The third-order valence-electron chi connectivity index (χ3n) is 3.37. The first-order chi connectivity index (χ1) is 11.0. The minimum Gasteiger partial charge on any atom is -0.481 e. The number of amides is 1. The standard InChI is InChI=1S/C16H18FN3O3/c1-2-14-13(16(23)18-9-3-4-15(21)22)10-19-20(14)12-7-5-11(17)6-8-12/h5-8,10H,2-4,9H2,1H3,(H,18,23)(H,21,22). The second-order valence-electron chi connectivity index (χ2n) is 5.00. The summed E-state index contributed by atoms with van der Waals surface area (Å²) in [5, 5.41) is 15.5. The van der Waals surface area contributed by atoms with Gasteiger partial charge in [-0.1, -0.05) is 6.92 Å². The number of nitrogens with one attached hydrogen (secondary N) is 1. The van der Waals surface area contributed by atoms with Crippen LogP contribution < -0.4 is 5.32 Å². The summed E-state index contributed by atoms with van der Waals surface area (Å²) < 4.78 is 14.6. The maximum Gasteiger partial charge on any atom is 0.303 e. The lowest BCUT2D eigenvalue weighted by Crippen LogP contribution is -2.25. The van der Waals surface area contributed by atoms with Crippen molar-refractivity contribution in [1.82, 2.24) is 15.1 Å². The summed E-state index contributed by atoms with van der Waals surface area (Å²) in [5.74, 6) is -1.52. The Morgan fingerprint density at radius 1 is 1.30 bits per heavy atom. The first kappa shape index (κ1) is 16.7. The number of rotatable bonds is 7. The van der Waals surface area contributed by atoms with E-state index in [-0.39, 0.29) is 24.7 Å². The quantitative estimate of drug-likeness (QED) is 0.766. The van der Waals surface area contributed by atoms with Crippen LogP contribution in [0.15, 0.2) is 30.5 Å². The highest BCUT2D eigenvalue weighted by atomic mass is 19.1. The van der Waals surface area contributed by atoms with E-state index in [2.05, 4.69) is 10.4 Å². The Bertz CT molecular complexity index is 695. The first-order valence-electron chi connectivity index (χ1n) is 7.35. The molecule has 2 aromatic rings. The van der Waals surface area contributed by atoms with Crippen molar-refractivity contribution in [3.63, 3.8) is 0 Å². The monoisotopic (exact) mass is 319 g/mol. The van der Waals surface area contributed by atoms with E-state index >= 15 is 0 Å². The third-order valence-corrected chi connectivity index (χ3v) is 3.37. The number of carbonyl (C=O) groups excluding carboxylic acids is 1. The number of carboxylic acid groups (broad SMARTS) is 1. The van der Waals surface area contributed by atoms with Crippen molar-refractivity contribution in [2.24, 2.45) is 0 Å². The van der Waals surface area contributed by atoms with Crippen molar-refractivity contribution in [1.29, 1.82) is 0 Å². The van der Waals surface area contributed by atoms with Gasteiger partial charge in [0.25, 0.3) is 5.91 Å². The fourth-order valence-corrected chi connectivity index (χ4v) is 2.25. The molecule has 0 fully saturated rings. The van der Waals surface area contributed by atoms with Crippen LogP contribution >= 0.6 is 0 Å². The van der Waals surface area contributed by atoms with Crippen LogP contribution in [0.3, 0.4) is 0 Å². The summed E-state index contributed by atoms with van der Waals surface area (Å²) in [6.07, 6.45) is 2.42. The molecule has 1 amide bonds. The molecule has 0 saturated heterocycles. The molecule has 1 aromatic carbocycles. The van der Waals surface area contributed by atoms with Gasteiger partial charge in [0.05, 0.1) is 23.1 Å². The molecule has 0 unspecified atom stereocenters. The average Bonchev–Trinajstić information content (AvgIpc) is 2.96. The highest BCUT2D eigenvalue weighted by molar-refractivity contribution is 5.95. The number of aromatic nitrogens is 2. The predicted octanol–water partition coefficient (Wildman–Crippen LogP) is 2.17. The Kier molecular flexibility index (Phi) is 5.46. The molecule has 0 bridgehead atoms. The van der Waals surface area contributed by atoms with Crippen molar-refractivity contribution in [3.8, 4) is 5.69 Å².